The Kier molecular flexibility index (Phi) is 4.35. The molecule has 3 heteroatoms. The van der Waals surface area contributed by atoms with Crippen LogP contribution in [0.15, 0.2) is 0 Å². The molecule has 0 aromatic rings. The summed E-state index contributed by atoms with van der Waals surface area (Å²) in [5.74, 6) is 0.806. The van der Waals surface area contributed by atoms with E-state index in [4.69, 9.17) is 5.73 Å². The summed E-state index contributed by atoms with van der Waals surface area (Å²) in [6.45, 7) is 8.81. The van der Waals surface area contributed by atoms with Crippen LogP contribution in [0, 0.1) is 11.3 Å². The molecule has 14 heavy (non-hydrogen) atoms. The van der Waals surface area contributed by atoms with Crippen LogP contribution in [0.4, 0.5) is 0 Å². The van der Waals surface area contributed by atoms with Crippen molar-refractivity contribution in [2.45, 2.75) is 26.7 Å². The van der Waals surface area contributed by atoms with Gasteiger partial charge in [0.1, 0.15) is 0 Å². The van der Waals surface area contributed by atoms with Crippen LogP contribution in [0.2, 0.25) is 0 Å². The maximum atomic E-state index is 5.47. The molecule has 84 valence electrons. The number of nitrogens with zero attached hydrogens (tertiary/aromatic N) is 1. The summed E-state index contributed by atoms with van der Waals surface area (Å²) in [6.07, 6.45) is 2.71. The van der Waals surface area contributed by atoms with Crippen molar-refractivity contribution >= 4 is 0 Å². The first-order valence-corrected chi connectivity index (χ1v) is 5.65. The molecule has 1 unspecified atom stereocenters. The van der Waals surface area contributed by atoms with Crippen LogP contribution < -0.4 is 11.1 Å². The van der Waals surface area contributed by atoms with E-state index in [0.717, 1.165) is 12.5 Å². The van der Waals surface area contributed by atoms with E-state index in [-0.39, 0.29) is 0 Å². The van der Waals surface area contributed by atoms with E-state index < -0.39 is 0 Å². The van der Waals surface area contributed by atoms with Gasteiger partial charge in [0.05, 0.1) is 0 Å². The smallest absolute Gasteiger partial charge is 0.0428 e. The number of rotatable bonds is 4. The summed E-state index contributed by atoms with van der Waals surface area (Å²) in [5, 5.41) is 3.26. The van der Waals surface area contributed by atoms with Gasteiger partial charge in [-0.05, 0) is 37.8 Å². The molecule has 0 aromatic heterocycles. The van der Waals surface area contributed by atoms with Crippen LogP contribution in [0.3, 0.4) is 0 Å². The fourth-order valence-electron chi connectivity index (χ4n) is 2.34. The average Bonchev–Trinajstić information content (AvgIpc) is 2.15. The standard InChI is InChI=1S/C11H25N3/c1-11(2,8-13-9-12)10-5-4-6-14(3)7-10/h10,13H,4-9,12H2,1-3H3. The lowest BCUT2D eigenvalue weighted by Gasteiger charge is -2.40. The Morgan fingerprint density at radius 3 is 2.79 bits per heavy atom. The zero-order chi connectivity index (χ0) is 10.6. The number of hydrogen-bond donors (Lipinski definition) is 2. The van der Waals surface area contributed by atoms with Crippen LogP contribution in [-0.4, -0.2) is 38.3 Å². The molecule has 0 bridgehead atoms. The third-order valence-electron chi connectivity index (χ3n) is 3.45. The highest BCUT2D eigenvalue weighted by Crippen LogP contribution is 2.32. The fraction of sp³-hybridized carbons (Fsp3) is 1.00. The van der Waals surface area contributed by atoms with Gasteiger partial charge in [0.25, 0.3) is 0 Å². The lowest BCUT2D eigenvalue weighted by atomic mass is 9.74. The minimum atomic E-state index is 0.369. The Labute approximate surface area is 88.0 Å². The molecule has 1 atom stereocenters. The third kappa shape index (κ3) is 3.23. The van der Waals surface area contributed by atoms with Gasteiger partial charge in [-0.2, -0.15) is 0 Å². The summed E-state index contributed by atoms with van der Waals surface area (Å²) in [4.78, 5) is 2.44. The van der Waals surface area contributed by atoms with Crippen molar-refractivity contribution in [3.8, 4) is 0 Å². The molecular formula is C11H25N3. The molecule has 1 saturated heterocycles. The van der Waals surface area contributed by atoms with Crippen LogP contribution in [0.1, 0.15) is 26.7 Å². The van der Waals surface area contributed by atoms with Gasteiger partial charge in [0.2, 0.25) is 0 Å². The largest absolute Gasteiger partial charge is 0.318 e. The SMILES string of the molecule is CN1CCCC(C(C)(C)CNCN)C1. The molecule has 1 rings (SSSR count). The highest BCUT2D eigenvalue weighted by atomic mass is 15.1. The molecule has 3 nitrogen and oxygen atoms in total. The highest BCUT2D eigenvalue weighted by Gasteiger charge is 2.31. The Balaban J connectivity index is 2.43. The molecule has 1 heterocycles. The van der Waals surface area contributed by atoms with E-state index in [0.29, 0.717) is 12.1 Å². The molecule has 1 aliphatic rings. The Morgan fingerprint density at radius 1 is 1.50 bits per heavy atom. The van der Waals surface area contributed by atoms with Crippen molar-refractivity contribution in [2.24, 2.45) is 17.1 Å². The summed E-state index contributed by atoms with van der Waals surface area (Å²) in [5.41, 5.74) is 5.84. The molecule has 1 aliphatic heterocycles. The monoisotopic (exact) mass is 199 g/mol. The minimum Gasteiger partial charge on any atom is -0.318 e. The van der Waals surface area contributed by atoms with Crippen molar-refractivity contribution in [1.29, 1.82) is 0 Å². The third-order valence-corrected chi connectivity index (χ3v) is 3.45. The topological polar surface area (TPSA) is 41.3 Å². The second-order valence-electron chi connectivity index (χ2n) is 5.22. The molecule has 0 aliphatic carbocycles. The van der Waals surface area contributed by atoms with Gasteiger partial charge >= 0.3 is 0 Å². The second kappa shape index (κ2) is 5.10. The zero-order valence-electron chi connectivity index (χ0n) is 9.84. The number of nitrogens with one attached hydrogen (secondary N) is 1. The quantitative estimate of drug-likeness (QED) is 0.660. The van der Waals surface area contributed by atoms with Gasteiger partial charge in [-0.1, -0.05) is 13.8 Å². The number of piperidine rings is 1. The summed E-state index contributed by atoms with van der Waals surface area (Å²) >= 11 is 0. The lowest BCUT2D eigenvalue weighted by Crippen LogP contribution is -2.44. The predicted octanol–water partition coefficient (Wildman–Crippen LogP) is 0.860. The Morgan fingerprint density at radius 2 is 2.21 bits per heavy atom. The summed E-state index contributed by atoms with van der Waals surface area (Å²) < 4.78 is 0. The maximum Gasteiger partial charge on any atom is 0.0428 e. The van der Waals surface area contributed by atoms with Gasteiger partial charge in [0.15, 0.2) is 0 Å². The first kappa shape index (κ1) is 12.0. The Hall–Kier alpha value is -0.120. The van der Waals surface area contributed by atoms with Gasteiger partial charge in [0, 0.05) is 19.8 Å². The summed E-state index contributed by atoms with van der Waals surface area (Å²) in [6, 6.07) is 0. The van der Waals surface area contributed by atoms with Crippen LogP contribution in [-0.2, 0) is 0 Å². The maximum absolute atomic E-state index is 5.47. The molecule has 0 aromatic carbocycles. The predicted molar refractivity (Wildman–Crippen MR) is 61.1 cm³/mol. The minimum absolute atomic E-state index is 0.369. The van der Waals surface area contributed by atoms with E-state index >= 15 is 0 Å². The van der Waals surface area contributed by atoms with E-state index in [9.17, 15) is 0 Å². The van der Waals surface area contributed by atoms with Gasteiger partial charge in [-0.3, -0.25) is 0 Å². The fourth-order valence-corrected chi connectivity index (χ4v) is 2.34. The van der Waals surface area contributed by atoms with Gasteiger partial charge in [-0.15, -0.1) is 0 Å². The molecule has 3 N–H and O–H groups in total. The Bertz CT molecular complexity index is 168. The van der Waals surface area contributed by atoms with Crippen molar-refractivity contribution in [3.63, 3.8) is 0 Å². The molecule has 0 radical (unpaired) electrons. The first-order valence-electron chi connectivity index (χ1n) is 5.65. The van der Waals surface area contributed by atoms with Crippen molar-refractivity contribution in [2.75, 3.05) is 33.4 Å². The molecule has 0 amide bonds. The summed E-state index contributed by atoms with van der Waals surface area (Å²) in [7, 11) is 2.22. The normalized spacial score (nSPS) is 25.3. The molecule has 1 fully saturated rings. The van der Waals surface area contributed by atoms with Crippen LogP contribution >= 0.6 is 0 Å². The first-order chi connectivity index (χ1) is 6.56. The van der Waals surface area contributed by atoms with Gasteiger partial charge in [-0.25, -0.2) is 0 Å². The van der Waals surface area contributed by atoms with Crippen LogP contribution in [0.5, 0.6) is 0 Å². The van der Waals surface area contributed by atoms with Crippen LogP contribution in [0.25, 0.3) is 0 Å². The average molecular weight is 199 g/mol. The number of nitrogens with two attached hydrogens (primary N) is 1. The van der Waals surface area contributed by atoms with Gasteiger partial charge < -0.3 is 16.0 Å². The van der Waals surface area contributed by atoms with E-state index in [1.165, 1.54) is 25.9 Å². The zero-order valence-corrected chi connectivity index (χ0v) is 9.84. The molecule has 0 spiro atoms. The second-order valence-corrected chi connectivity index (χ2v) is 5.22. The van der Waals surface area contributed by atoms with Crippen molar-refractivity contribution < 1.29 is 0 Å². The lowest BCUT2D eigenvalue weighted by molar-refractivity contribution is 0.103. The van der Waals surface area contributed by atoms with E-state index in [2.05, 4.69) is 31.1 Å². The number of hydrogen-bond acceptors (Lipinski definition) is 3. The van der Waals surface area contributed by atoms with Crippen molar-refractivity contribution in [3.05, 3.63) is 0 Å². The molecule has 0 saturated carbocycles. The number of likely N-dealkylation sites (tertiary alicyclic amines) is 1. The van der Waals surface area contributed by atoms with E-state index in [1.54, 1.807) is 0 Å². The highest BCUT2D eigenvalue weighted by molar-refractivity contribution is 4.84. The molecular weight excluding hydrogens is 174 g/mol. The van der Waals surface area contributed by atoms with Crippen molar-refractivity contribution in [1.82, 2.24) is 10.2 Å². The van der Waals surface area contributed by atoms with E-state index in [1.807, 2.05) is 0 Å².